The van der Waals surface area contributed by atoms with Crippen LogP contribution in [0, 0.1) is 12.8 Å². The van der Waals surface area contributed by atoms with Crippen molar-refractivity contribution in [1.82, 2.24) is 10.2 Å². The summed E-state index contributed by atoms with van der Waals surface area (Å²) in [5, 5.41) is 2.94. The predicted molar refractivity (Wildman–Crippen MR) is 116 cm³/mol. The lowest BCUT2D eigenvalue weighted by Crippen LogP contribution is -2.48. The van der Waals surface area contributed by atoms with Crippen LogP contribution in [0.25, 0.3) is 0 Å². The molecule has 2 amide bonds. The molecule has 0 spiro atoms. The number of hydrogen-bond donors (Lipinski definition) is 1. The number of methoxy groups -OCH3 is 1. The highest BCUT2D eigenvalue weighted by molar-refractivity contribution is 5.88. The number of amides is 2. The molecule has 29 heavy (non-hydrogen) atoms. The summed E-state index contributed by atoms with van der Waals surface area (Å²) in [5.41, 5.74) is 3.03. The number of ether oxygens (including phenoxy) is 1. The molecule has 0 bridgehead atoms. The fraction of sp³-hybridized carbons (Fsp3) is 0.417. The first-order valence-electron chi connectivity index (χ1n) is 10.1. The number of hydrogen-bond acceptors (Lipinski definition) is 3. The van der Waals surface area contributed by atoms with Gasteiger partial charge < -0.3 is 15.0 Å². The minimum absolute atomic E-state index is 0.0798. The Hall–Kier alpha value is -2.82. The third-order valence-electron chi connectivity index (χ3n) is 4.80. The number of nitrogens with zero attached hydrogens (tertiary/aromatic N) is 1. The van der Waals surface area contributed by atoms with Crippen LogP contribution in [0.5, 0.6) is 5.75 Å². The summed E-state index contributed by atoms with van der Waals surface area (Å²) in [6.07, 6.45) is 0.234. The van der Waals surface area contributed by atoms with Crippen molar-refractivity contribution in [3.05, 3.63) is 65.2 Å². The van der Waals surface area contributed by atoms with E-state index >= 15 is 0 Å². The molecule has 0 unspecified atom stereocenters. The van der Waals surface area contributed by atoms with E-state index in [1.165, 1.54) is 0 Å². The van der Waals surface area contributed by atoms with Crippen LogP contribution in [-0.4, -0.2) is 36.4 Å². The van der Waals surface area contributed by atoms with Crippen LogP contribution < -0.4 is 10.1 Å². The summed E-state index contributed by atoms with van der Waals surface area (Å²) in [6.45, 7) is 8.89. The van der Waals surface area contributed by atoms with Crippen molar-refractivity contribution in [1.29, 1.82) is 0 Å². The monoisotopic (exact) mass is 396 g/mol. The maximum Gasteiger partial charge on any atom is 0.242 e. The van der Waals surface area contributed by atoms with Crippen molar-refractivity contribution >= 4 is 11.8 Å². The van der Waals surface area contributed by atoms with Gasteiger partial charge in [-0.05, 0) is 43.0 Å². The van der Waals surface area contributed by atoms with E-state index in [1.807, 2.05) is 69.3 Å². The highest BCUT2D eigenvalue weighted by atomic mass is 16.5. The molecular weight excluding hydrogens is 364 g/mol. The maximum atomic E-state index is 13.2. The Kier molecular flexibility index (Phi) is 8.25. The number of rotatable bonds is 9. The van der Waals surface area contributed by atoms with Crippen LogP contribution in [-0.2, 0) is 22.6 Å². The first-order valence-corrected chi connectivity index (χ1v) is 10.1. The zero-order valence-electron chi connectivity index (χ0n) is 18.1. The molecule has 0 radical (unpaired) electrons. The van der Waals surface area contributed by atoms with Gasteiger partial charge in [-0.25, -0.2) is 0 Å². The molecule has 5 heteroatoms. The van der Waals surface area contributed by atoms with Crippen LogP contribution in [0.1, 0.15) is 37.5 Å². The smallest absolute Gasteiger partial charge is 0.242 e. The van der Waals surface area contributed by atoms with Gasteiger partial charge in [0.1, 0.15) is 11.8 Å². The third kappa shape index (κ3) is 6.93. The summed E-state index contributed by atoms with van der Waals surface area (Å²) in [7, 11) is 1.61. The van der Waals surface area contributed by atoms with Gasteiger partial charge in [0.05, 0.1) is 13.5 Å². The van der Waals surface area contributed by atoms with E-state index in [4.69, 9.17) is 4.74 Å². The van der Waals surface area contributed by atoms with E-state index in [2.05, 4.69) is 5.32 Å². The van der Waals surface area contributed by atoms with Crippen LogP contribution in [0.2, 0.25) is 0 Å². The van der Waals surface area contributed by atoms with Crippen molar-refractivity contribution in [3.63, 3.8) is 0 Å². The molecule has 0 aliphatic rings. The zero-order chi connectivity index (χ0) is 21.4. The topological polar surface area (TPSA) is 58.6 Å². The Balaban J connectivity index is 2.19. The number of benzene rings is 2. The quantitative estimate of drug-likeness (QED) is 0.703. The van der Waals surface area contributed by atoms with Crippen molar-refractivity contribution in [2.45, 2.75) is 46.7 Å². The van der Waals surface area contributed by atoms with E-state index in [0.717, 1.165) is 22.4 Å². The second-order valence-electron chi connectivity index (χ2n) is 7.85. The molecular formula is C24H32N2O3. The van der Waals surface area contributed by atoms with Crippen LogP contribution >= 0.6 is 0 Å². The molecule has 0 aliphatic heterocycles. The molecule has 5 nitrogen and oxygen atoms in total. The van der Waals surface area contributed by atoms with Gasteiger partial charge in [-0.1, -0.05) is 55.8 Å². The Morgan fingerprint density at radius 1 is 1.03 bits per heavy atom. The molecule has 0 heterocycles. The average molecular weight is 397 g/mol. The number of nitrogens with one attached hydrogen (secondary N) is 1. The summed E-state index contributed by atoms with van der Waals surface area (Å²) in [4.78, 5) is 27.5. The standard InChI is InChI=1S/C24H32N2O3/c1-17(2)15-25-24(28)19(4)26(16-21-8-6-7-18(3)13-21)23(27)14-20-9-11-22(29-5)12-10-20/h6-13,17,19H,14-16H2,1-5H3,(H,25,28)/t19-/m1/s1. The molecule has 156 valence electrons. The van der Waals surface area contributed by atoms with Crippen molar-refractivity contribution in [3.8, 4) is 5.75 Å². The van der Waals surface area contributed by atoms with Gasteiger partial charge in [0.25, 0.3) is 0 Å². The van der Waals surface area contributed by atoms with E-state index in [1.54, 1.807) is 18.9 Å². The summed E-state index contributed by atoms with van der Waals surface area (Å²) < 4.78 is 5.18. The van der Waals surface area contributed by atoms with Crippen molar-refractivity contribution in [2.24, 2.45) is 5.92 Å². The highest BCUT2D eigenvalue weighted by Gasteiger charge is 2.26. The average Bonchev–Trinajstić information content (AvgIpc) is 2.70. The molecule has 0 aromatic heterocycles. The third-order valence-corrected chi connectivity index (χ3v) is 4.80. The van der Waals surface area contributed by atoms with E-state index in [0.29, 0.717) is 19.0 Å². The first kappa shape index (κ1) is 22.5. The van der Waals surface area contributed by atoms with Crippen LogP contribution in [0.15, 0.2) is 48.5 Å². The number of carbonyl (C=O) groups excluding carboxylic acids is 2. The van der Waals surface area contributed by atoms with Gasteiger partial charge in [0.2, 0.25) is 11.8 Å². The van der Waals surface area contributed by atoms with E-state index in [-0.39, 0.29) is 18.2 Å². The second kappa shape index (κ2) is 10.6. The lowest BCUT2D eigenvalue weighted by molar-refractivity contribution is -0.140. The van der Waals surface area contributed by atoms with Gasteiger partial charge in [-0.2, -0.15) is 0 Å². The minimum atomic E-state index is -0.556. The minimum Gasteiger partial charge on any atom is -0.497 e. The molecule has 1 N–H and O–H groups in total. The van der Waals surface area contributed by atoms with Crippen LogP contribution in [0.4, 0.5) is 0 Å². The molecule has 0 saturated heterocycles. The van der Waals surface area contributed by atoms with Gasteiger partial charge in [-0.15, -0.1) is 0 Å². The van der Waals surface area contributed by atoms with E-state index in [9.17, 15) is 9.59 Å². The highest BCUT2D eigenvalue weighted by Crippen LogP contribution is 2.16. The van der Waals surface area contributed by atoms with Crippen molar-refractivity contribution in [2.75, 3.05) is 13.7 Å². The number of carbonyl (C=O) groups is 2. The lowest BCUT2D eigenvalue weighted by atomic mass is 10.1. The number of aryl methyl sites for hydroxylation is 1. The second-order valence-corrected chi connectivity index (χ2v) is 7.85. The maximum absolute atomic E-state index is 13.2. The van der Waals surface area contributed by atoms with Crippen LogP contribution in [0.3, 0.4) is 0 Å². The SMILES string of the molecule is COc1ccc(CC(=O)N(Cc2cccc(C)c2)[C@H](C)C(=O)NCC(C)C)cc1. The zero-order valence-corrected chi connectivity index (χ0v) is 18.1. The summed E-state index contributed by atoms with van der Waals surface area (Å²) >= 11 is 0. The lowest BCUT2D eigenvalue weighted by Gasteiger charge is -2.29. The Morgan fingerprint density at radius 2 is 1.72 bits per heavy atom. The normalized spacial score (nSPS) is 11.8. The fourth-order valence-electron chi connectivity index (χ4n) is 3.06. The van der Waals surface area contributed by atoms with Crippen molar-refractivity contribution < 1.29 is 14.3 Å². The fourth-order valence-corrected chi connectivity index (χ4v) is 3.06. The molecule has 2 aromatic rings. The van der Waals surface area contributed by atoms with Gasteiger partial charge in [-0.3, -0.25) is 9.59 Å². The molecule has 2 aromatic carbocycles. The molecule has 0 fully saturated rings. The molecule has 1 atom stereocenters. The van der Waals surface area contributed by atoms with Gasteiger partial charge >= 0.3 is 0 Å². The molecule has 0 aliphatic carbocycles. The van der Waals surface area contributed by atoms with E-state index < -0.39 is 6.04 Å². The Labute approximate surface area is 174 Å². The first-order chi connectivity index (χ1) is 13.8. The predicted octanol–water partition coefficient (Wildman–Crippen LogP) is 3.74. The summed E-state index contributed by atoms with van der Waals surface area (Å²) in [5.74, 6) is 0.893. The Morgan fingerprint density at radius 3 is 2.31 bits per heavy atom. The summed E-state index contributed by atoms with van der Waals surface area (Å²) in [6, 6.07) is 14.9. The molecule has 0 saturated carbocycles. The van der Waals surface area contributed by atoms with Gasteiger partial charge in [0.15, 0.2) is 0 Å². The molecule has 2 rings (SSSR count). The Bertz CT molecular complexity index is 815. The largest absolute Gasteiger partial charge is 0.497 e. The van der Waals surface area contributed by atoms with Gasteiger partial charge in [0, 0.05) is 13.1 Å².